The number of hydrogen-bond donors (Lipinski definition) is 1. The molecule has 0 aromatic heterocycles. The molecule has 1 nitrogen and oxygen atoms in total. The van der Waals surface area contributed by atoms with Crippen LogP contribution in [0.15, 0.2) is 49.1 Å². The minimum Gasteiger partial charge on any atom is -0.378 e. The summed E-state index contributed by atoms with van der Waals surface area (Å²) in [5.74, 6) is 0.228. The molecule has 0 amide bonds. The van der Waals surface area contributed by atoms with Gasteiger partial charge < -0.3 is 5.32 Å². The van der Waals surface area contributed by atoms with Gasteiger partial charge in [0.05, 0.1) is 16.1 Å². The molecule has 2 aromatic rings. The zero-order chi connectivity index (χ0) is 21.7. The van der Waals surface area contributed by atoms with Crippen molar-refractivity contribution < 1.29 is 0 Å². The second-order valence-corrected chi connectivity index (χ2v) is 8.72. The molecule has 2 aromatic carbocycles. The molecule has 0 radical (unpaired) electrons. The smallest absolute Gasteiger partial charge is 0.0548 e. The normalized spacial score (nSPS) is 13.1. The van der Waals surface area contributed by atoms with Crippen LogP contribution in [0.25, 0.3) is 5.70 Å². The van der Waals surface area contributed by atoms with E-state index in [2.05, 4.69) is 70.4 Å². The third kappa shape index (κ3) is 5.47. The minimum absolute atomic E-state index is 0.0249. The summed E-state index contributed by atoms with van der Waals surface area (Å²) in [7, 11) is 0. The molecule has 0 bridgehead atoms. The van der Waals surface area contributed by atoms with Gasteiger partial charge in [-0.1, -0.05) is 99.0 Å². The number of aryl methyl sites for hydroxylation is 2. The monoisotopic (exact) mass is 429 g/mol. The molecule has 1 N–H and O–H groups in total. The first-order valence-corrected chi connectivity index (χ1v) is 11.1. The molecule has 2 rings (SSSR count). The number of rotatable bonds is 9. The Kier molecular flexibility index (Phi) is 8.43. The molecule has 0 saturated heterocycles. The van der Waals surface area contributed by atoms with Gasteiger partial charge >= 0.3 is 0 Å². The van der Waals surface area contributed by atoms with E-state index in [9.17, 15) is 0 Å². The largest absolute Gasteiger partial charge is 0.378 e. The lowest BCUT2D eigenvalue weighted by atomic mass is 9.88. The summed E-state index contributed by atoms with van der Waals surface area (Å²) < 4.78 is 0. The highest BCUT2D eigenvalue weighted by atomic mass is 35.5. The van der Waals surface area contributed by atoms with Gasteiger partial charge in [-0.3, -0.25) is 0 Å². The Morgan fingerprint density at radius 3 is 2.38 bits per heavy atom. The summed E-state index contributed by atoms with van der Waals surface area (Å²) in [6, 6.07) is 10.7. The zero-order valence-corrected chi connectivity index (χ0v) is 19.8. The summed E-state index contributed by atoms with van der Waals surface area (Å²) >= 11 is 13.5. The number of hydrogen-bond acceptors (Lipinski definition) is 1. The van der Waals surface area contributed by atoms with E-state index in [1.165, 1.54) is 22.3 Å². The van der Waals surface area contributed by atoms with E-state index in [4.69, 9.17) is 23.2 Å². The van der Waals surface area contributed by atoms with Crippen LogP contribution in [0.2, 0.25) is 10.0 Å². The Labute approximate surface area is 186 Å². The van der Waals surface area contributed by atoms with Crippen molar-refractivity contribution in [1.82, 2.24) is 5.32 Å². The van der Waals surface area contributed by atoms with Crippen molar-refractivity contribution in [2.75, 3.05) is 0 Å². The molecular weight excluding hydrogens is 397 g/mol. The molecule has 0 spiro atoms. The van der Waals surface area contributed by atoms with Crippen molar-refractivity contribution in [2.24, 2.45) is 0 Å². The van der Waals surface area contributed by atoms with Crippen LogP contribution in [0.5, 0.6) is 0 Å². The number of benzene rings is 2. The molecule has 156 valence electrons. The predicted octanol–water partition coefficient (Wildman–Crippen LogP) is 8.13. The average molecular weight is 430 g/mol. The van der Waals surface area contributed by atoms with Crippen LogP contribution in [0.3, 0.4) is 0 Å². The highest BCUT2D eigenvalue weighted by Gasteiger charge is 2.23. The maximum Gasteiger partial charge on any atom is 0.0548 e. The fourth-order valence-corrected chi connectivity index (χ4v) is 4.72. The predicted molar refractivity (Wildman–Crippen MR) is 130 cm³/mol. The van der Waals surface area contributed by atoms with E-state index in [-0.39, 0.29) is 12.0 Å². The molecule has 0 aliphatic carbocycles. The van der Waals surface area contributed by atoms with Gasteiger partial charge in [0.15, 0.2) is 0 Å². The lowest BCUT2D eigenvalue weighted by Gasteiger charge is -2.29. The maximum atomic E-state index is 6.84. The Morgan fingerprint density at radius 1 is 1.14 bits per heavy atom. The van der Waals surface area contributed by atoms with Crippen molar-refractivity contribution in [3.05, 3.63) is 86.9 Å². The topological polar surface area (TPSA) is 12.0 Å². The van der Waals surface area contributed by atoms with E-state index in [0.717, 1.165) is 41.1 Å². The summed E-state index contributed by atoms with van der Waals surface area (Å²) in [5.41, 5.74) is 7.50. The Balaban J connectivity index is 2.40. The van der Waals surface area contributed by atoms with Crippen molar-refractivity contribution in [3.63, 3.8) is 0 Å². The minimum atomic E-state index is 0.0249. The van der Waals surface area contributed by atoms with E-state index >= 15 is 0 Å². The summed E-state index contributed by atoms with van der Waals surface area (Å²) in [6.07, 6.45) is 2.88. The van der Waals surface area contributed by atoms with Gasteiger partial charge in [0, 0.05) is 17.2 Å². The van der Waals surface area contributed by atoms with Crippen LogP contribution >= 0.6 is 23.2 Å². The maximum absolute atomic E-state index is 6.84. The molecule has 0 fully saturated rings. The molecule has 0 aliphatic rings. The van der Waals surface area contributed by atoms with Crippen molar-refractivity contribution in [3.8, 4) is 0 Å². The van der Waals surface area contributed by atoms with Gasteiger partial charge in [0.2, 0.25) is 0 Å². The van der Waals surface area contributed by atoms with Crippen LogP contribution in [0.1, 0.15) is 67.9 Å². The molecular formula is C26H33Cl2N. The van der Waals surface area contributed by atoms with E-state index in [0.29, 0.717) is 5.02 Å². The Bertz CT molecular complexity index is 898. The van der Waals surface area contributed by atoms with Crippen LogP contribution in [-0.4, -0.2) is 6.04 Å². The molecule has 29 heavy (non-hydrogen) atoms. The zero-order valence-electron chi connectivity index (χ0n) is 18.3. The van der Waals surface area contributed by atoms with Crippen LogP contribution in [0.4, 0.5) is 0 Å². The quantitative estimate of drug-likeness (QED) is 0.396. The number of nitrogens with one attached hydrogen (secondary N) is 1. The molecule has 0 heterocycles. The molecule has 3 heteroatoms. The highest BCUT2D eigenvalue weighted by molar-refractivity contribution is 6.38. The highest BCUT2D eigenvalue weighted by Crippen LogP contribution is 2.37. The van der Waals surface area contributed by atoms with Crippen LogP contribution in [-0.2, 0) is 12.8 Å². The summed E-state index contributed by atoms with van der Waals surface area (Å²) in [6.45, 7) is 19.2. The van der Waals surface area contributed by atoms with Crippen LogP contribution in [0, 0.1) is 6.92 Å². The lowest BCUT2D eigenvalue weighted by Crippen LogP contribution is -2.33. The van der Waals surface area contributed by atoms with Crippen LogP contribution < -0.4 is 5.32 Å². The molecule has 2 unspecified atom stereocenters. The lowest BCUT2D eigenvalue weighted by molar-refractivity contribution is 0.575. The van der Waals surface area contributed by atoms with Gasteiger partial charge in [-0.05, 0) is 49.4 Å². The second-order valence-electron chi connectivity index (χ2n) is 7.94. The summed E-state index contributed by atoms with van der Waals surface area (Å²) in [4.78, 5) is 0. The Morgan fingerprint density at radius 2 is 1.83 bits per heavy atom. The van der Waals surface area contributed by atoms with E-state index in [1.54, 1.807) is 0 Å². The third-order valence-corrected chi connectivity index (χ3v) is 6.24. The van der Waals surface area contributed by atoms with E-state index < -0.39 is 0 Å². The first kappa shape index (κ1) is 23.6. The summed E-state index contributed by atoms with van der Waals surface area (Å²) in [5, 5.41) is 4.94. The molecule has 0 saturated carbocycles. The van der Waals surface area contributed by atoms with Gasteiger partial charge in [-0.25, -0.2) is 0 Å². The van der Waals surface area contributed by atoms with Gasteiger partial charge in [-0.2, -0.15) is 0 Å². The number of halogens is 2. The average Bonchev–Trinajstić information content (AvgIpc) is 2.67. The molecule has 0 aliphatic heterocycles. The van der Waals surface area contributed by atoms with Crippen molar-refractivity contribution in [2.45, 2.75) is 65.8 Å². The Hall–Kier alpha value is -1.70. The second kappa shape index (κ2) is 10.4. The van der Waals surface area contributed by atoms with Gasteiger partial charge in [0.25, 0.3) is 0 Å². The first-order chi connectivity index (χ1) is 13.7. The van der Waals surface area contributed by atoms with Gasteiger partial charge in [0.1, 0.15) is 0 Å². The van der Waals surface area contributed by atoms with Gasteiger partial charge in [-0.15, -0.1) is 0 Å². The fraction of sp³-hybridized carbons (Fsp3) is 0.385. The van der Waals surface area contributed by atoms with Crippen molar-refractivity contribution >= 4 is 28.9 Å². The fourth-order valence-electron chi connectivity index (χ4n) is 3.90. The molecule has 2 atom stereocenters. The van der Waals surface area contributed by atoms with Crippen molar-refractivity contribution in [1.29, 1.82) is 0 Å². The SMILES string of the molecule is C=C(NC(C(=C)C)C(C)c1cccc(C)c1)c1c(Cl)cc(CC)c(CCC)c1Cl. The standard InChI is InChI=1S/C26H33Cl2N/c1-8-11-22-20(9-2)15-23(27)24(25(22)28)19(7)29-26(16(3)4)18(6)21-13-10-12-17(5)14-21/h10,12-15,18,26,29H,3,7-9,11H2,1-2,4-6H3. The van der Waals surface area contributed by atoms with E-state index in [1.807, 2.05) is 13.0 Å². The first-order valence-electron chi connectivity index (χ1n) is 10.4. The third-order valence-electron chi connectivity index (χ3n) is 5.52.